The Morgan fingerprint density at radius 2 is 2.03 bits per heavy atom. The Bertz CT molecular complexity index is 1340. The monoisotopic (exact) mass is 488 g/mol. The van der Waals surface area contributed by atoms with Crippen LogP contribution in [0.1, 0.15) is 69.0 Å². The van der Waals surface area contributed by atoms with Gasteiger partial charge in [-0.25, -0.2) is 4.99 Å². The number of aromatic nitrogens is 3. The average Bonchev–Trinajstić information content (AvgIpc) is 3.22. The maximum Gasteiger partial charge on any atom is 0.174 e. The van der Waals surface area contributed by atoms with Crippen molar-refractivity contribution in [3.8, 4) is 17.0 Å². The van der Waals surface area contributed by atoms with Crippen LogP contribution in [-0.2, 0) is 4.74 Å². The highest BCUT2D eigenvalue weighted by atomic mass is 16.5. The Morgan fingerprint density at radius 1 is 1.25 bits per heavy atom. The van der Waals surface area contributed by atoms with Gasteiger partial charge in [-0.1, -0.05) is 13.8 Å². The van der Waals surface area contributed by atoms with E-state index in [0.717, 1.165) is 48.3 Å². The van der Waals surface area contributed by atoms with E-state index in [0.29, 0.717) is 29.1 Å². The Kier molecular flexibility index (Phi) is 5.96. The molecule has 36 heavy (non-hydrogen) atoms. The first-order valence-electron chi connectivity index (χ1n) is 13.2. The Balaban J connectivity index is 1.26. The molecular formula is C28H36N6O2. The standard InChI is InChI=1S/C28H36N6O2/c1-17(2)24-25(19-12-23(35-3)27(30-13-19)31-16-29)33-22-9-8-21(32-26(22)24)18-4-6-20(7-5-18)34-14-28(15-34)10-11-36-28/h8-9,12-13,16-18,20,33H,4-7,10-11,14-15H2,1-3H3,(H2,29,30,31). The van der Waals surface area contributed by atoms with Crippen molar-refractivity contribution in [2.75, 3.05) is 26.8 Å². The largest absolute Gasteiger partial charge is 0.493 e. The van der Waals surface area contributed by atoms with Gasteiger partial charge < -0.3 is 19.4 Å². The Hall–Kier alpha value is -2.97. The molecular weight excluding hydrogens is 452 g/mol. The van der Waals surface area contributed by atoms with E-state index in [1.165, 1.54) is 43.4 Å². The Labute approximate surface area is 211 Å². The van der Waals surface area contributed by atoms with Gasteiger partial charge in [0.05, 0.1) is 36.0 Å². The summed E-state index contributed by atoms with van der Waals surface area (Å²) in [6.45, 7) is 7.66. The smallest absolute Gasteiger partial charge is 0.174 e. The predicted octanol–water partition coefficient (Wildman–Crippen LogP) is 4.70. The highest BCUT2D eigenvalue weighted by molar-refractivity contribution is 5.88. The number of nitrogens with one attached hydrogen (secondary N) is 3. The van der Waals surface area contributed by atoms with Crippen LogP contribution in [0.25, 0.3) is 22.3 Å². The summed E-state index contributed by atoms with van der Waals surface area (Å²) < 4.78 is 11.3. The van der Waals surface area contributed by atoms with Gasteiger partial charge in [0.1, 0.15) is 6.34 Å². The summed E-state index contributed by atoms with van der Waals surface area (Å²) in [4.78, 5) is 18.7. The van der Waals surface area contributed by atoms with E-state index in [9.17, 15) is 0 Å². The lowest BCUT2D eigenvalue weighted by molar-refractivity contribution is -0.231. The van der Waals surface area contributed by atoms with Crippen molar-refractivity contribution >= 4 is 17.4 Å². The zero-order valence-corrected chi connectivity index (χ0v) is 21.4. The molecule has 8 nitrogen and oxygen atoms in total. The third-order valence-electron chi connectivity index (χ3n) is 8.44. The van der Waals surface area contributed by atoms with Gasteiger partial charge in [-0.05, 0) is 49.8 Å². The number of rotatable bonds is 6. The van der Waals surface area contributed by atoms with Crippen LogP contribution in [0.15, 0.2) is 29.4 Å². The number of pyridine rings is 2. The van der Waals surface area contributed by atoms with Crippen molar-refractivity contribution in [3.63, 3.8) is 0 Å². The van der Waals surface area contributed by atoms with Crippen molar-refractivity contribution in [3.05, 3.63) is 41.1 Å². The van der Waals surface area contributed by atoms with Crippen molar-refractivity contribution in [1.82, 2.24) is 19.9 Å². The third-order valence-corrected chi connectivity index (χ3v) is 8.44. The van der Waals surface area contributed by atoms with E-state index >= 15 is 0 Å². The van der Waals surface area contributed by atoms with Gasteiger partial charge in [0.15, 0.2) is 11.2 Å². The first kappa shape index (κ1) is 23.4. The number of H-pyrrole nitrogens is 2. The summed E-state index contributed by atoms with van der Waals surface area (Å²) >= 11 is 0. The second-order valence-corrected chi connectivity index (χ2v) is 11.0. The summed E-state index contributed by atoms with van der Waals surface area (Å²) in [5.41, 5.74) is 7.36. The van der Waals surface area contributed by atoms with Crippen molar-refractivity contribution in [2.45, 2.75) is 69.4 Å². The van der Waals surface area contributed by atoms with Crippen LogP contribution < -0.4 is 10.2 Å². The molecule has 0 aromatic carbocycles. The normalized spacial score (nSPS) is 24.2. The van der Waals surface area contributed by atoms with Crippen LogP contribution in [0.2, 0.25) is 0 Å². The van der Waals surface area contributed by atoms with Gasteiger partial charge in [-0.3, -0.25) is 15.3 Å². The van der Waals surface area contributed by atoms with Crippen LogP contribution >= 0.6 is 0 Å². The van der Waals surface area contributed by atoms with Gasteiger partial charge in [0.2, 0.25) is 0 Å². The lowest BCUT2D eigenvalue weighted by Gasteiger charge is -2.58. The molecule has 3 fully saturated rings. The van der Waals surface area contributed by atoms with Crippen molar-refractivity contribution in [2.24, 2.45) is 4.99 Å². The average molecular weight is 489 g/mol. The van der Waals surface area contributed by atoms with E-state index in [1.807, 2.05) is 12.3 Å². The first-order valence-corrected chi connectivity index (χ1v) is 13.2. The molecule has 2 aliphatic heterocycles. The molecule has 1 spiro atoms. The highest BCUT2D eigenvalue weighted by Gasteiger charge is 2.51. The lowest BCUT2D eigenvalue weighted by atomic mass is 9.79. The molecule has 8 heteroatoms. The molecule has 0 radical (unpaired) electrons. The quantitative estimate of drug-likeness (QED) is 0.346. The number of likely N-dealkylation sites (tertiary alicyclic amines) is 1. The van der Waals surface area contributed by atoms with E-state index < -0.39 is 0 Å². The Morgan fingerprint density at radius 3 is 2.67 bits per heavy atom. The van der Waals surface area contributed by atoms with Crippen LogP contribution in [0.5, 0.6) is 5.75 Å². The van der Waals surface area contributed by atoms with Crippen LogP contribution in [0, 0.1) is 5.41 Å². The minimum atomic E-state index is 0.222. The van der Waals surface area contributed by atoms with Gasteiger partial charge in [-0.2, -0.15) is 0 Å². The van der Waals surface area contributed by atoms with Gasteiger partial charge in [0, 0.05) is 54.5 Å². The molecule has 3 N–H and O–H groups in total. The fraction of sp³-hybridized carbons (Fsp3) is 0.536. The first-order chi connectivity index (χ1) is 17.5. The molecule has 0 atom stereocenters. The van der Waals surface area contributed by atoms with Crippen molar-refractivity contribution in [1.29, 1.82) is 5.41 Å². The van der Waals surface area contributed by atoms with Crippen LogP contribution in [-0.4, -0.2) is 64.6 Å². The number of fused-ring (bicyclic) bond motifs is 1. The number of aromatic amines is 2. The third kappa shape index (κ3) is 3.96. The molecule has 6 rings (SSSR count). The lowest BCUT2D eigenvalue weighted by Crippen LogP contribution is -2.70. The summed E-state index contributed by atoms with van der Waals surface area (Å²) in [5.74, 6) is 1.43. The molecule has 5 heterocycles. The maximum atomic E-state index is 7.28. The molecule has 0 amide bonds. The fourth-order valence-corrected chi connectivity index (χ4v) is 6.38. The second kappa shape index (κ2) is 9.16. The summed E-state index contributed by atoms with van der Waals surface area (Å²) in [5, 5.41) is 7.28. The zero-order chi connectivity index (χ0) is 24.9. The maximum absolute atomic E-state index is 7.28. The number of ether oxygens (including phenoxy) is 2. The molecule has 190 valence electrons. The highest BCUT2D eigenvalue weighted by Crippen LogP contribution is 2.42. The molecule has 3 aliphatic rings. The molecule has 1 saturated carbocycles. The molecule has 3 aromatic heterocycles. The summed E-state index contributed by atoms with van der Waals surface area (Å²) in [6, 6.07) is 7.09. The SMILES string of the molecule is COc1cc(-c2[nH]c3ccc(C4CCC(N5CC6(CCO6)C5)CC4)nc3c2C(C)C)c[nH]/c1=N\C=N. The molecule has 3 aromatic rings. The minimum Gasteiger partial charge on any atom is -0.493 e. The van der Waals surface area contributed by atoms with Gasteiger partial charge in [-0.15, -0.1) is 0 Å². The molecule has 1 aliphatic carbocycles. The van der Waals surface area contributed by atoms with Gasteiger partial charge >= 0.3 is 0 Å². The minimum absolute atomic E-state index is 0.222. The number of hydrogen-bond donors (Lipinski definition) is 3. The molecule has 2 saturated heterocycles. The van der Waals surface area contributed by atoms with Crippen LogP contribution in [0.4, 0.5) is 0 Å². The number of nitrogens with zero attached hydrogens (tertiary/aromatic N) is 3. The number of hydrogen-bond acceptors (Lipinski definition) is 5. The summed E-state index contributed by atoms with van der Waals surface area (Å²) in [7, 11) is 1.62. The van der Waals surface area contributed by atoms with Crippen molar-refractivity contribution < 1.29 is 9.47 Å². The van der Waals surface area contributed by atoms with E-state index in [2.05, 4.69) is 45.8 Å². The number of methoxy groups -OCH3 is 1. The van der Waals surface area contributed by atoms with E-state index in [4.69, 9.17) is 19.9 Å². The molecule has 0 bridgehead atoms. The van der Waals surface area contributed by atoms with E-state index in [1.54, 1.807) is 7.11 Å². The fourth-order valence-electron chi connectivity index (χ4n) is 6.38. The molecule has 0 unspecified atom stereocenters. The zero-order valence-electron chi connectivity index (χ0n) is 21.4. The predicted molar refractivity (Wildman–Crippen MR) is 141 cm³/mol. The van der Waals surface area contributed by atoms with Gasteiger partial charge in [0.25, 0.3) is 0 Å². The second-order valence-electron chi connectivity index (χ2n) is 11.0. The van der Waals surface area contributed by atoms with E-state index in [-0.39, 0.29) is 5.60 Å². The topological polar surface area (TPSA) is 102 Å². The summed E-state index contributed by atoms with van der Waals surface area (Å²) in [6.07, 6.45) is 9.07. The van der Waals surface area contributed by atoms with Crippen LogP contribution in [0.3, 0.4) is 0 Å².